The number of carbonyl (C=O) groups excluding carboxylic acids is 2. The molecule has 0 saturated carbocycles. The molecule has 7 nitrogen and oxygen atoms in total. The van der Waals surface area contributed by atoms with Crippen LogP contribution in [0.3, 0.4) is 0 Å². The molecular weight excluding hydrogens is 533 g/mol. The molecule has 0 aliphatic heterocycles. The monoisotopic (exact) mass is 561 g/mol. The average molecular weight is 563 g/mol. The Balaban J connectivity index is 2.06. The van der Waals surface area contributed by atoms with Gasteiger partial charge in [0.1, 0.15) is 12.6 Å². The summed E-state index contributed by atoms with van der Waals surface area (Å²) in [5.41, 5.74) is 2.37. The Hall–Kier alpha value is -3.07. The van der Waals surface area contributed by atoms with Crippen molar-refractivity contribution in [2.75, 3.05) is 24.2 Å². The average Bonchev–Trinajstić information content (AvgIpc) is 2.86. The lowest BCUT2D eigenvalue weighted by Crippen LogP contribution is -2.53. The maximum absolute atomic E-state index is 13.9. The van der Waals surface area contributed by atoms with Gasteiger partial charge in [0.05, 0.1) is 11.9 Å². The largest absolute Gasteiger partial charge is 0.357 e. The van der Waals surface area contributed by atoms with Crippen LogP contribution in [0.5, 0.6) is 0 Å². The van der Waals surface area contributed by atoms with Crippen molar-refractivity contribution < 1.29 is 18.0 Å². The van der Waals surface area contributed by atoms with E-state index in [1.165, 1.54) is 11.9 Å². The first kappa shape index (κ1) is 28.5. The molecule has 0 fully saturated rings. The van der Waals surface area contributed by atoms with E-state index >= 15 is 0 Å². The van der Waals surface area contributed by atoms with Crippen molar-refractivity contribution in [2.24, 2.45) is 0 Å². The topological polar surface area (TPSA) is 86.8 Å². The van der Waals surface area contributed by atoms with Crippen LogP contribution in [0.2, 0.25) is 10.0 Å². The van der Waals surface area contributed by atoms with Crippen LogP contribution in [0.1, 0.15) is 16.7 Å². The first-order chi connectivity index (χ1) is 17.5. The van der Waals surface area contributed by atoms with E-state index in [1.807, 2.05) is 30.3 Å². The van der Waals surface area contributed by atoms with Crippen LogP contribution in [0.15, 0.2) is 72.8 Å². The van der Waals surface area contributed by atoms with Crippen LogP contribution in [0, 0.1) is 6.92 Å². The lowest BCUT2D eigenvalue weighted by atomic mass is 10.0. The third-order valence-corrected chi connectivity index (χ3v) is 7.72. The number of carbonyl (C=O) groups is 2. The molecule has 37 heavy (non-hydrogen) atoms. The van der Waals surface area contributed by atoms with E-state index in [4.69, 9.17) is 23.2 Å². The molecule has 0 aliphatic rings. The van der Waals surface area contributed by atoms with Gasteiger partial charge in [-0.3, -0.25) is 13.9 Å². The van der Waals surface area contributed by atoms with Gasteiger partial charge in [0, 0.05) is 30.1 Å². The number of benzene rings is 3. The highest BCUT2D eigenvalue weighted by Crippen LogP contribution is 2.28. The number of anilines is 1. The van der Waals surface area contributed by atoms with Crippen molar-refractivity contribution in [2.45, 2.75) is 25.9 Å². The second kappa shape index (κ2) is 12.4. The number of hydrogen-bond donors (Lipinski definition) is 1. The van der Waals surface area contributed by atoms with Gasteiger partial charge in [-0.05, 0) is 47.9 Å². The molecule has 3 rings (SSSR count). The minimum absolute atomic E-state index is 0.0520. The molecular formula is C27H29Cl2N3O4S. The van der Waals surface area contributed by atoms with Crippen LogP contribution in [-0.2, 0) is 32.6 Å². The van der Waals surface area contributed by atoms with Gasteiger partial charge in [0.25, 0.3) is 0 Å². The van der Waals surface area contributed by atoms with E-state index in [0.29, 0.717) is 26.9 Å². The summed E-state index contributed by atoms with van der Waals surface area (Å²) in [5, 5.41) is 3.50. The number of halogens is 2. The Kier molecular flexibility index (Phi) is 9.59. The fourth-order valence-corrected chi connectivity index (χ4v) is 5.30. The summed E-state index contributed by atoms with van der Waals surface area (Å²) in [5.74, 6) is -0.918. The van der Waals surface area contributed by atoms with E-state index < -0.39 is 28.5 Å². The molecule has 1 atom stereocenters. The second-order valence-electron chi connectivity index (χ2n) is 8.62. The summed E-state index contributed by atoms with van der Waals surface area (Å²) >= 11 is 12.4. The quantitative estimate of drug-likeness (QED) is 0.396. The molecule has 1 N–H and O–H groups in total. The van der Waals surface area contributed by atoms with Crippen LogP contribution < -0.4 is 9.62 Å². The molecule has 0 radical (unpaired) electrons. The van der Waals surface area contributed by atoms with Crippen LogP contribution >= 0.6 is 23.2 Å². The molecule has 196 valence electrons. The molecule has 3 aromatic carbocycles. The summed E-state index contributed by atoms with van der Waals surface area (Å²) in [6.45, 7) is 1.23. The fraction of sp³-hybridized carbons (Fsp3) is 0.259. The number of nitrogens with zero attached hydrogens (tertiary/aromatic N) is 2. The molecule has 0 unspecified atom stereocenters. The molecule has 3 aromatic rings. The van der Waals surface area contributed by atoms with Crippen molar-refractivity contribution >= 4 is 50.7 Å². The zero-order chi connectivity index (χ0) is 27.2. The number of hydrogen-bond acceptors (Lipinski definition) is 4. The van der Waals surface area contributed by atoms with Crippen molar-refractivity contribution in [3.63, 3.8) is 0 Å². The highest BCUT2D eigenvalue weighted by molar-refractivity contribution is 7.92. The van der Waals surface area contributed by atoms with Gasteiger partial charge in [-0.25, -0.2) is 8.42 Å². The van der Waals surface area contributed by atoms with E-state index in [-0.39, 0.29) is 18.9 Å². The van der Waals surface area contributed by atoms with Crippen LogP contribution in [-0.4, -0.2) is 51.0 Å². The molecule has 0 saturated heterocycles. The molecule has 10 heteroatoms. The number of nitrogens with one attached hydrogen (secondary N) is 1. The zero-order valence-corrected chi connectivity index (χ0v) is 23.1. The lowest BCUT2D eigenvalue weighted by Gasteiger charge is -2.33. The third kappa shape index (κ3) is 7.47. The highest BCUT2D eigenvalue weighted by atomic mass is 35.5. The predicted molar refractivity (Wildman–Crippen MR) is 148 cm³/mol. The maximum atomic E-state index is 13.9. The van der Waals surface area contributed by atoms with E-state index in [0.717, 1.165) is 16.1 Å². The molecule has 0 heterocycles. The van der Waals surface area contributed by atoms with Gasteiger partial charge >= 0.3 is 0 Å². The number of rotatable bonds is 10. The molecule has 0 bridgehead atoms. The molecule has 0 spiro atoms. The van der Waals surface area contributed by atoms with Crippen molar-refractivity contribution in [3.05, 3.63) is 99.5 Å². The fourth-order valence-electron chi connectivity index (χ4n) is 4.01. The number of sulfonamides is 1. The Bertz CT molecular complexity index is 1370. The van der Waals surface area contributed by atoms with Crippen molar-refractivity contribution in [1.29, 1.82) is 0 Å². The van der Waals surface area contributed by atoms with Gasteiger partial charge in [0.15, 0.2) is 0 Å². The normalized spacial score (nSPS) is 12.0. The number of amides is 2. The SMILES string of the molecule is CNC(=O)[C@@H](Cc1ccccc1)N(Cc1cccc(Cl)c1)C(=O)CN(c1cccc(Cl)c1C)S(C)(=O)=O. The van der Waals surface area contributed by atoms with Crippen LogP contribution in [0.25, 0.3) is 0 Å². The standard InChI is InChI=1S/C27H29Cl2N3O4S/c1-19-23(29)13-8-14-24(19)32(37(3,35)36)18-26(33)31(17-21-11-7-12-22(28)15-21)25(27(34)30-2)16-20-9-5-4-6-10-20/h4-15,25H,16-18H2,1-3H3,(H,30,34)/t25-/m1/s1. The molecule has 2 amide bonds. The smallest absolute Gasteiger partial charge is 0.244 e. The summed E-state index contributed by atoms with van der Waals surface area (Å²) in [6.07, 6.45) is 1.27. The van der Waals surface area contributed by atoms with Crippen molar-refractivity contribution in [1.82, 2.24) is 10.2 Å². The highest BCUT2D eigenvalue weighted by Gasteiger charge is 2.33. The zero-order valence-electron chi connectivity index (χ0n) is 20.8. The van der Waals surface area contributed by atoms with E-state index in [1.54, 1.807) is 49.4 Å². The first-order valence-electron chi connectivity index (χ1n) is 11.5. The van der Waals surface area contributed by atoms with Crippen LogP contribution in [0.4, 0.5) is 5.69 Å². The predicted octanol–water partition coefficient (Wildman–Crippen LogP) is 4.45. The van der Waals surface area contributed by atoms with Gasteiger partial charge in [-0.1, -0.05) is 71.7 Å². The molecule has 0 aromatic heterocycles. The first-order valence-corrected chi connectivity index (χ1v) is 14.1. The summed E-state index contributed by atoms with van der Waals surface area (Å²) < 4.78 is 26.7. The summed E-state index contributed by atoms with van der Waals surface area (Å²) in [6, 6.07) is 20.3. The van der Waals surface area contributed by atoms with Gasteiger partial charge in [0.2, 0.25) is 21.8 Å². The van der Waals surface area contributed by atoms with Gasteiger partial charge in [-0.2, -0.15) is 0 Å². The second-order valence-corrected chi connectivity index (χ2v) is 11.4. The van der Waals surface area contributed by atoms with Gasteiger partial charge in [-0.15, -0.1) is 0 Å². The maximum Gasteiger partial charge on any atom is 0.244 e. The van der Waals surface area contributed by atoms with E-state index in [9.17, 15) is 18.0 Å². The minimum atomic E-state index is -3.87. The Morgan fingerprint density at radius 3 is 2.22 bits per heavy atom. The van der Waals surface area contributed by atoms with E-state index in [2.05, 4.69) is 5.32 Å². The van der Waals surface area contributed by atoms with Crippen molar-refractivity contribution in [3.8, 4) is 0 Å². The van der Waals surface area contributed by atoms with Gasteiger partial charge < -0.3 is 10.2 Å². The summed E-state index contributed by atoms with van der Waals surface area (Å²) in [7, 11) is -2.37. The molecule has 0 aliphatic carbocycles. The Morgan fingerprint density at radius 1 is 0.946 bits per heavy atom. The third-order valence-electron chi connectivity index (χ3n) is 5.95. The number of likely N-dealkylation sites (N-methyl/N-ethyl adjacent to an activating group) is 1. The lowest BCUT2D eigenvalue weighted by molar-refractivity contribution is -0.139. The summed E-state index contributed by atoms with van der Waals surface area (Å²) in [4.78, 5) is 28.4. The Morgan fingerprint density at radius 2 is 1.59 bits per heavy atom. The Labute approximate surface area is 228 Å². The minimum Gasteiger partial charge on any atom is -0.357 e.